The van der Waals surface area contributed by atoms with Crippen LogP contribution < -0.4 is 15.9 Å². The second-order valence-corrected chi connectivity index (χ2v) is 20.8. The predicted molar refractivity (Wildman–Crippen MR) is 179 cm³/mol. The first-order valence-electron chi connectivity index (χ1n) is 14.6. The normalized spacial score (nSPS) is 13.5. The lowest BCUT2D eigenvalue weighted by Gasteiger charge is -2.36. The van der Waals surface area contributed by atoms with Gasteiger partial charge in [0.25, 0.3) is 0 Å². The van der Waals surface area contributed by atoms with Gasteiger partial charge in [-0.3, -0.25) is 0 Å². The first-order valence-corrected chi connectivity index (χ1v) is 19.4. The molecule has 0 amide bonds. The van der Waals surface area contributed by atoms with Crippen LogP contribution in [0.4, 0.5) is 0 Å². The van der Waals surface area contributed by atoms with E-state index in [4.69, 9.17) is 4.43 Å². The van der Waals surface area contributed by atoms with E-state index in [1.54, 1.807) is 0 Å². The molecule has 0 heterocycles. The molecule has 0 aromatic heterocycles. The molecule has 0 bridgehead atoms. The van der Waals surface area contributed by atoms with Crippen LogP contribution in [0.1, 0.15) is 60.3 Å². The van der Waals surface area contributed by atoms with Crippen molar-refractivity contribution in [1.82, 2.24) is 0 Å². The first kappa shape index (κ1) is 31.3. The molecule has 0 N–H and O–H groups in total. The number of hydrogen-bond acceptors (Lipinski definition) is 1. The summed E-state index contributed by atoms with van der Waals surface area (Å²) in [5.74, 6) is 0. The van der Waals surface area contributed by atoms with Crippen molar-refractivity contribution in [2.75, 3.05) is 12.8 Å². The third-order valence-corrected chi connectivity index (χ3v) is 17.3. The second kappa shape index (κ2) is 14.4. The Labute approximate surface area is 240 Å². The molecule has 39 heavy (non-hydrogen) atoms. The Morgan fingerprint density at radius 1 is 0.692 bits per heavy atom. The molecule has 0 fully saturated rings. The highest BCUT2D eigenvalue weighted by atomic mass is 31.2. The first-order chi connectivity index (χ1) is 18.6. The number of hydrogen-bond donors (Lipinski definition) is 0. The smallest absolute Gasteiger partial charge is 0.192 e. The maximum Gasteiger partial charge on any atom is 0.192 e. The fraction of sp³-hybridized carbons (Fsp3) is 0.389. The van der Waals surface area contributed by atoms with E-state index < -0.39 is 15.6 Å². The van der Waals surface area contributed by atoms with Crippen LogP contribution in [0.2, 0.25) is 18.1 Å². The van der Waals surface area contributed by atoms with Gasteiger partial charge in [-0.25, -0.2) is 0 Å². The molecule has 3 heteroatoms. The number of benzene rings is 3. The van der Waals surface area contributed by atoms with Crippen LogP contribution in [0.5, 0.6) is 0 Å². The molecule has 0 radical (unpaired) electrons. The van der Waals surface area contributed by atoms with Gasteiger partial charge >= 0.3 is 0 Å². The molecular formula is C36H50OPSi+. The van der Waals surface area contributed by atoms with Gasteiger partial charge in [-0.15, -0.1) is 0 Å². The molecule has 0 atom stereocenters. The van der Waals surface area contributed by atoms with Crippen LogP contribution in [0.25, 0.3) is 0 Å². The van der Waals surface area contributed by atoms with Gasteiger partial charge in [-0.2, -0.15) is 0 Å². The zero-order chi connectivity index (χ0) is 28.4. The largest absolute Gasteiger partial charge is 0.413 e. The molecule has 3 rings (SSSR count). The summed E-state index contributed by atoms with van der Waals surface area (Å²) in [6.07, 6.45) is 10.5. The quantitative estimate of drug-likeness (QED) is 0.0880. The van der Waals surface area contributed by atoms with Gasteiger partial charge in [0.2, 0.25) is 0 Å². The molecule has 0 aliphatic rings. The van der Waals surface area contributed by atoms with E-state index >= 15 is 0 Å². The Morgan fingerprint density at radius 2 is 1.13 bits per heavy atom. The van der Waals surface area contributed by atoms with Crippen molar-refractivity contribution in [1.29, 1.82) is 0 Å². The van der Waals surface area contributed by atoms with Crippen LogP contribution in [0.15, 0.2) is 114 Å². The summed E-state index contributed by atoms with van der Waals surface area (Å²) < 4.78 is 6.39. The summed E-state index contributed by atoms with van der Waals surface area (Å²) in [6.45, 7) is 16.8. The van der Waals surface area contributed by atoms with E-state index in [-0.39, 0.29) is 5.04 Å². The van der Waals surface area contributed by atoms with E-state index in [1.807, 2.05) is 0 Å². The van der Waals surface area contributed by atoms with E-state index in [9.17, 15) is 0 Å². The minimum Gasteiger partial charge on any atom is -0.413 e. The highest BCUT2D eigenvalue weighted by Crippen LogP contribution is 2.55. The highest BCUT2D eigenvalue weighted by Gasteiger charge is 2.44. The lowest BCUT2D eigenvalue weighted by Crippen LogP contribution is -2.41. The van der Waals surface area contributed by atoms with E-state index in [0.29, 0.717) is 0 Å². The summed E-state index contributed by atoms with van der Waals surface area (Å²) in [7, 11) is -3.42. The van der Waals surface area contributed by atoms with Crippen molar-refractivity contribution < 1.29 is 4.43 Å². The fourth-order valence-electron chi connectivity index (χ4n) is 4.78. The molecule has 208 valence electrons. The molecule has 0 saturated carbocycles. The SMILES string of the molecule is C/C(=C\CCC[P+](c1ccccc1)(c1ccccc1)c1ccccc1)CC/C=C(\C)CO[Si](C)(C)C(C)(C)C. The summed E-state index contributed by atoms with van der Waals surface area (Å²) in [5.41, 5.74) is 2.85. The lowest BCUT2D eigenvalue weighted by atomic mass is 10.1. The van der Waals surface area contributed by atoms with Gasteiger partial charge in [-0.05, 0) is 94.1 Å². The van der Waals surface area contributed by atoms with Gasteiger partial charge in [0, 0.05) is 0 Å². The van der Waals surface area contributed by atoms with Crippen molar-refractivity contribution in [2.24, 2.45) is 0 Å². The molecule has 0 aliphatic carbocycles. The number of unbranched alkanes of at least 4 members (excludes halogenated alkanes) is 1. The maximum absolute atomic E-state index is 6.39. The van der Waals surface area contributed by atoms with Crippen molar-refractivity contribution in [3.63, 3.8) is 0 Å². The van der Waals surface area contributed by atoms with Gasteiger partial charge in [0.15, 0.2) is 8.32 Å². The summed E-state index contributed by atoms with van der Waals surface area (Å²) in [6, 6.07) is 33.7. The molecule has 0 unspecified atom stereocenters. The summed E-state index contributed by atoms with van der Waals surface area (Å²) in [5, 5.41) is 4.68. The molecule has 3 aromatic carbocycles. The van der Waals surface area contributed by atoms with Crippen molar-refractivity contribution in [3.05, 3.63) is 114 Å². The summed E-state index contributed by atoms with van der Waals surface area (Å²) >= 11 is 0. The molecule has 0 saturated heterocycles. The minimum atomic E-state index is -1.73. The number of rotatable bonds is 13. The maximum atomic E-state index is 6.39. The highest BCUT2D eigenvalue weighted by molar-refractivity contribution is 7.95. The number of allylic oxidation sites excluding steroid dienone is 3. The Balaban J connectivity index is 1.66. The van der Waals surface area contributed by atoms with E-state index in [2.05, 4.69) is 151 Å². The minimum absolute atomic E-state index is 0.258. The Hall–Kier alpha value is -2.25. The van der Waals surface area contributed by atoms with Crippen molar-refractivity contribution in [3.8, 4) is 0 Å². The molecule has 3 aromatic rings. The van der Waals surface area contributed by atoms with Gasteiger partial charge in [0.1, 0.15) is 23.2 Å². The van der Waals surface area contributed by atoms with Crippen molar-refractivity contribution in [2.45, 2.75) is 78.4 Å². The molecular weight excluding hydrogens is 507 g/mol. The predicted octanol–water partition coefficient (Wildman–Crippen LogP) is 9.46. The Morgan fingerprint density at radius 3 is 1.56 bits per heavy atom. The van der Waals surface area contributed by atoms with Crippen LogP contribution in [0.3, 0.4) is 0 Å². The standard InChI is InChI=1S/C36H50OPSi/c1-31(21-19-22-32(2)30-37-39(6,7)36(3,4)5)20-17-18-29-38(33-23-11-8-12-24-33,34-25-13-9-14-26-34)35-27-15-10-16-28-35/h8-16,20,22-28H,17-19,21,29-30H2,1-7H3/q+1/b31-20+,32-22+. The third-order valence-electron chi connectivity index (χ3n) is 8.28. The molecule has 0 spiro atoms. The monoisotopic (exact) mass is 557 g/mol. The van der Waals surface area contributed by atoms with Crippen molar-refractivity contribution >= 4 is 31.5 Å². The zero-order valence-electron chi connectivity index (χ0n) is 25.4. The van der Waals surface area contributed by atoms with Gasteiger partial charge < -0.3 is 4.43 Å². The average Bonchev–Trinajstić information content (AvgIpc) is 2.93. The second-order valence-electron chi connectivity index (χ2n) is 12.4. The van der Waals surface area contributed by atoms with Gasteiger partial charge in [-0.1, -0.05) is 98.7 Å². The molecule has 1 nitrogen and oxygen atoms in total. The average molecular weight is 558 g/mol. The van der Waals surface area contributed by atoms with E-state index in [1.165, 1.54) is 39.6 Å². The fourth-order valence-corrected chi connectivity index (χ4v) is 10.2. The third kappa shape index (κ3) is 8.61. The van der Waals surface area contributed by atoms with Crippen LogP contribution in [0, 0.1) is 0 Å². The molecule has 0 aliphatic heterocycles. The van der Waals surface area contributed by atoms with Crippen LogP contribution in [-0.2, 0) is 4.43 Å². The van der Waals surface area contributed by atoms with Gasteiger partial charge in [0.05, 0.1) is 12.8 Å². The topological polar surface area (TPSA) is 9.23 Å². The summed E-state index contributed by atoms with van der Waals surface area (Å²) in [4.78, 5) is 0. The Kier molecular flexibility index (Phi) is 11.5. The van der Waals surface area contributed by atoms with Crippen LogP contribution >= 0.6 is 7.26 Å². The van der Waals surface area contributed by atoms with Crippen LogP contribution in [-0.4, -0.2) is 21.1 Å². The van der Waals surface area contributed by atoms with E-state index in [0.717, 1.165) is 25.9 Å². The lowest BCUT2D eigenvalue weighted by molar-refractivity contribution is 0.318. The Bertz CT molecular complexity index is 1090. The zero-order valence-corrected chi connectivity index (χ0v) is 27.3.